The van der Waals surface area contributed by atoms with Gasteiger partial charge in [-0.25, -0.2) is 0 Å². The lowest BCUT2D eigenvalue weighted by atomic mass is 10.4. The van der Waals surface area contributed by atoms with Crippen molar-refractivity contribution in [2.45, 2.75) is 6.10 Å². The molecular weight excluding hydrogens is 94.0 g/mol. The van der Waals surface area contributed by atoms with E-state index in [1.807, 2.05) is 12.4 Å². The van der Waals surface area contributed by atoms with Gasteiger partial charge in [0.2, 0.25) is 0 Å². The summed E-state index contributed by atoms with van der Waals surface area (Å²) in [5.41, 5.74) is 0. The molecule has 0 rings (SSSR count). The van der Waals surface area contributed by atoms with Crippen LogP contribution in [-0.2, 0) is 0 Å². The van der Waals surface area contributed by atoms with Crippen molar-refractivity contribution < 1.29 is 15.5 Å². The van der Waals surface area contributed by atoms with Gasteiger partial charge < -0.3 is 15.5 Å². The highest BCUT2D eigenvalue weighted by Crippen LogP contribution is 1.68. The fourth-order valence-corrected chi connectivity index (χ4v) is 0.347. The van der Waals surface area contributed by atoms with E-state index in [0.717, 1.165) is 0 Å². The SMILES string of the molecule is C[NH2+]CC(O)CO. The van der Waals surface area contributed by atoms with E-state index in [2.05, 4.69) is 0 Å². The van der Waals surface area contributed by atoms with Crippen LogP contribution >= 0.6 is 0 Å². The highest BCUT2D eigenvalue weighted by atomic mass is 16.3. The lowest BCUT2D eigenvalue weighted by Gasteiger charge is -1.99. The van der Waals surface area contributed by atoms with Crippen LogP contribution in [0.3, 0.4) is 0 Å². The molecule has 1 atom stereocenters. The Morgan fingerprint density at radius 3 is 2.43 bits per heavy atom. The number of quaternary nitrogens is 1. The molecule has 3 nitrogen and oxygen atoms in total. The van der Waals surface area contributed by atoms with E-state index in [0.29, 0.717) is 6.54 Å². The molecule has 0 aliphatic rings. The number of hydrogen-bond acceptors (Lipinski definition) is 2. The number of aliphatic hydroxyl groups excluding tert-OH is 2. The van der Waals surface area contributed by atoms with Gasteiger partial charge in [0, 0.05) is 0 Å². The minimum Gasteiger partial charge on any atom is -0.393 e. The molecule has 3 heteroatoms. The summed E-state index contributed by atoms with van der Waals surface area (Å²) in [6, 6.07) is 0. The molecular formula is C4H12NO2+. The van der Waals surface area contributed by atoms with Gasteiger partial charge in [0.15, 0.2) is 0 Å². The minimum absolute atomic E-state index is 0.135. The third kappa shape index (κ3) is 3.72. The second-order valence-electron chi connectivity index (χ2n) is 1.48. The summed E-state index contributed by atoms with van der Waals surface area (Å²) in [5, 5.41) is 18.6. The summed E-state index contributed by atoms with van der Waals surface area (Å²) in [5.74, 6) is 0. The molecule has 0 fully saturated rings. The predicted octanol–water partition coefficient (Wildman–Crippen LogP) is -2.47. The van der Waals surface area contributed by atoms with Gasteiger partial charge in [-0.2, -0.15) is 0 Å². The van der Waals surface area contributed by atoms with Crippen LogP contribution in [0.15, 0.2) is 0 Å². The minimum atomic E-state index is -0.551. The van der Waals surface area contributed by atoms with Crippen LogP contribution in [0.25, 0.3) is 0 Å². The highest BCUT2D eigenvalue weighted by Gasteiger charge is 1.98. The summed E-state index contributed by atoms with van der Waals surface area (Å²) in [4.78, 5) is 0. The maximum atomic E-state index is 8.58. The molecule has 0 aromatic carbocycles. The molecule has 0 radical (unpaired) electrons. The van der Waals surface area contributed by atoms with Crippen molar-refractivity contribution in [3.8, 4) is 0 Å². The van der Waals surface area contributed by atoms with Crippen molar-refractivity contribution in [3.05, 3.63) is 0 Å². The normalized spacial score (nSPS) is 14.1. The average Bonchev–Trinajstić information content (AvgIpc) is 1.68. The standard InChI is InChI=1S/C4H11NO2/c1-5-2-4(7)3-6/h4-7H,2-3H2,1H3/p+1. The van der Waals surface area contributed by atoms with Crippen LogP contribution in [-0.4, -0.2) is 36.5 Å². The molecule has 7 heavy (non-hydrogen) atoms. The Bertz CT molecular complexity index is 40.7. The Morgan fingerprint density at radius 2 is 2.29 bits per heavy atom. The lowest BCUT2D eigenvalue weighted by molar-refractivity contribution is -0.634. The summed E-state index contributed by atoms with van der Waals surface area (Å²) < 4.78 is 0. The van der Waals surface area contributed by atoms with E-state index in [4.69, 9.17) is 10.2 Å². The number of nitrogens with two attached hydrogens (primary N) is 1. The summed E-state index contributed by atoms with van der Waals surface area (Å²) in [6.07, 6.45) is -0.551. The quantitative estimate of drug-likeness (QED) is 0.373. The molecule has 0 aliphatic heterocycles. The molecule has 0 saturated carbocycles. The van der Waals surface area contributed by atoms with Gasteiger partial charge in [-0.05, 0) is 0 Å². The average molecular weight is 106 g/mol. The summed E-state index contributed by atoms with van der Waals surface area (Å²) in [6.45, 7) is 0.445. The topological polar surface area (TPSA) is 57.1 Å². The molecule has 4 N–H and O–H groups in total. The smallest absolute Gasteiger partial charge is 0.126 e. The van der Waals surface area contributed by atoms with Gasteiger partial charge >= 0.3 is 0 Å². The zero-order chi connectivity index (χ0) is 5.70. The Kier molecular flexibility index (Phi) is 3.98. The largest absolute Gasteiger partial charge is 0.393 e. The van der Waals surface area contributed by atoms with Crippen LogP contribution in [0.2, 0.25) is 0 Å². The predicted molar refractivity (Wildman–Crippen MR) is 25.8 cm³/mol. The number of aliphatic hydroxyl groups is 2. The Balaban J connectivity index is 2.83. The Labute approximate surface area is 43.0 Å². The van der Waals surface area contributed by atoms with Crippen molar-refractivity contribution in [1.29, 1.82) is 0 Å². The van der Waals surface area contributed by atoms with Crippen molar-refractivity contribution in [1.82, 2.24) is 0 Å². The zero-order valence-corrected chi connectivity index (χ0v) is 4.46. The number of hydrogen-bond donors (Lipinski definition) is 3. The van der Waals surface area contributed by atoms with Crippen LogP contribution in [0, 0.1) is 0 Å². The number of rotatable bonds is 3. The monoisotopic (exact) mass is 106 g/mol. The van der Waals surface area contributed by atoms with Crippen LogP contribution < -0.4 is 5.32 Å². The molecule has 0 aliphatic carbocycles. The van der Waals surface area contributed by atoms with Gasteiger partial charge in [-0.3, -0.25) is 0 Å². The molecule has 0 aromatic heterocycles. The fourth-order valence-electron chi connectivity index (χ4n) is 0.347. The van der Waals surface area contributed by atoms with Gasteiger partial charge in [0.25, 0.3) is 0 Å². The molecule has 1 unspecified atom stereocenters. The van der Waals surface area contributed by atoms with Crippen LogP contribution in [0.5, 0.6) is 0 Å². The third-order valence-electron chi connectivity index (χ3n) is 0.719. The van der Waals surface area contributed by atoms with Crippen molar-refractivity contribution in [2.75, 3.05) is 20.2 Å². The zero-order valence-electron chi connectivity index (χ0n) is 4.46. The molecule has 0 amide bonds. The van der Waals surface area contributed by atoms with Crippen LogP contribution in [0.4, 0.5) is 0 Å². The van der Waals surface area contributed by atoms with Crippen molar-refractivity contribution in [2.24, 2.45) is 0 Å². The molecule has 0 aromatic rings. The van der Waals surface area contributed by atoms with E-state index in [-0.39, 0.29) is 6.61 Å². The molecule has 0 spiro atoms. The molecule has 0 heterocycles. The van der Waals surface area contributed by atoms with Gasteiger partial charge in [-0.15, -0.1) is 0 Å². The van der Waals surface area contributed by atoms with Gasteiger partial charge in [0.05, 0.1) is 13.7 Å². The second kappa shape index (κ2) is 4.05. The summed E-state index contributed by atoms with van der Waals surface area (Å²) >= 11 is 0. The van der Waals surface area contributed by atoms with Crippen LogP contribution in [0.1, 0.15) is 0 Å². The van der Waals surface area contributed by atoms with Crippen molar-refractivity contribution >= 4 is 0 Å². The van der Waals surface area contributed by atoms with E-state index >= 15 is 0 Å². The van der Waals surface area contributed by atoms with Crippen molar-refractivity contribution in [3.63, 3.8) is 0 Å². The van der Waals surface area contributed by atoms with E-state index in [9.17, 15) is 0 Å². The van der Waals surface area contributed by atoms with E-state index in [1.165, 1.54) is 0 Å². The Hall–Kier alpha value is -0.120. The first-order chi connectivity index (χ1) is 3.31. The first-order valence-electron chi connectivity index (χ1n) is 2.38. The van der Waals surface area contributed by atoms with Gasteiger partial charge in [0.1, 0.15) is 12.6 Å². The molecule has 44 valence electrons. The maximum absolute atomic E-state index is 8.58. The third-order valence-corrected chi connectivity index (χ3v) is 0.719. The van der Waals surface area contributed by atoms with E-state index in [1.54, 1.807) is 0 Å². The lowest BCUT2D eigenvalue weighted by Crippen LogP contribution is -2.82. The highest BCUT2D eigenvalue weighted by molar-refractivity contribution is 4.43. The molecule has 0 bridgehead atoms. The fraction of sp³-hybridized carbons (Fsp3) is 1.00. The van der Waals surface area contributed by atoms with Gasteiger partial charge in [-0.1, -0.05) is 0 Å². The maximum Gasteiger partial charge on any atom is 0.126 e. The molecule has 0 saturated heterocycles. The van der Waals surface area contributed by atoms with E-state index < -0.39 is 6.10 Å². The second-order valence-corrected chi connectivity index (χ2v) is 1.48. The Morgan fingerprint density at radius 1 is 1.71 bits per heavy atom. The summed E-state index contributed by atoms with van der Waals surface area (Å²) in [7, 11) is 1.85. The number of likely N-dealkylation sites (N-methyl/N-ethyl adjacent to an activating group) is 1. The first-order valence-corrected chi connectivity index (χ1v) is 2.38. The first kappa shape index (κ1) is 6.88.